The molecule has 25 heavy (non-hydrogen) atoms. The number of carboxylic acid groups (broad SMARTS) is 1. The summed E-state index contributed by atoms with van der Waals surface area (Å²) in [5, 5.41) is 12.4. The normalized spacial score (nSPS) is 11.0. The van der Waals surface area contributed by atoms with E-state index in [4.69, 9.17) is 0 Å². The molecule has 0 bridgehead atoms. The standard InChI is InChI=1S/C17H11F3N2O2.Na.H/c18-17(19,20)12-6-3-5-10-14(8-9-21-15(10)12)22-13-7-2-1-4-11(13)16(23)24;;/h1-9H,(H,21,22)(H,23,24);;. The third-order valence-corrected chi connectivity index (χ3v) is 3.50. The van der Waals surface area contributed by atoms with Gasteiger partial charge in [0.2, 0.25) is 0 Å². The van der Waals surface area contributed by atoms with Crippen molar-refractivity contribution in [1.29, 1.82) is 0 Å². The summed E-state index contributed by atoms with van der Waals surface area (Å²) in [4.78, 5) is 15.1. The van der Waals surface area contributed by atoms with Crippen molar-refractivity contribution in [2.75, 3.05) is 5.32 Å². The van der Waals surface area contributed by atoms with Crippen LogP contribution in [0.4, 0.5) is 24.5 Å². The van der Waals surface area contributed by atoms with Crippen LogP contribution in [0, 0.1) is 0 Å². The van der Waals surface area contributed by atoms with Crippen LogP contribution in [-0.2, 0) is 6.18 Å². The van der Waals surface area contributed by atoms with Gasteiger partial charge < -0.3 is 10.4 Å². The summed E-state index contributed by atoms with van der Waals surface area (Å²) in [6, 6.07) is 11.4. The topological polar surface area (TPSA) is 62.2 Å². The quantitative estimate of drug-likeness (QED) is 0.695. The molecule has 0 radical (unpaired) electrons. The van der Waals surface area contributed by atoms with Crippen molar-refractivity contribution < 1.29 is 23.1 Å². The van der Waals surface area contributed by atoms with Gasteiger partial charge in [-0.05, 0) is 24.3 Å². The first-order valence-electron chi connectivity index (χ1n) is 6.92. The number of fused-ring (bicyclic) bond motifs is 1. The second-order valence-corrected chi connectivity index (χ2v) is 5.03. The molecule has 1 heterocycles. The molecule has 0 aliphatic heterocycles. The fourth-order valence-electron chi connectivity index (χ4n) is 2.44. The third-order valence-electron chi connectivity index (χ3n) is 3.50. The van der Waals surface area contributed by atoms with E-state index in [0.29, 0.717) is 5.69 Å². The second-order valence-electron chi connectivity index (χ2n) is 5.03. The van der Waals surface area contributed by atoms with Gasteiger partial charge >= 0.3 is 41.7 Å². The number of nitrogens with zero attached hydrogens (tertiary/aromatic N) is 1. The van der Waals surface area contributed by atoms with Gasteiger partial charge in [-0.1, -0.05) is 24.3 Å². The number of aromatic nitrogens is 1. The molecule has 0 fully saturated rings. The van der Waals surface area contributed by atoms with Gasteiger partial charge in [-0.25, -0.2) is 4.79 Å². The van der Waals surface area contributed by atoms with E-state index in [1.807, 2.05) is 0 Å². The number of benzene rings is 2. The summed E-state index contributed by atoms with van der Waals surface area (Å²) >= 11 is 0. The molecule has 1 aromatic heterocycles. The summed E-state index contributed by atoms with van der Waals surface area (Å²) < 4.78 is 39.3. The van der Waals surface area contributed by atoms with Gasteiger partial charge in [-0.15, -0.1) is 0 Å². The molecule has 0 unspecified atom stereocenters. The van der Waals surface area contributed by atoms with Crippen molar-refractivity contribution in [1.82, 2.24) is 4.98 Å². The maximum atomic E-state index is 13.1. The van der Waals surface area contributed by atoms with E-state index in [1.54, 1.807) is 18.2 Å². The summed E-state index contributed by atoms with van der Waals surface area (Å²) in [6.07, 6.45) is -3.27. The van der Waals surface area contributed by atoms with Crippen molar-refractivity contribution in [3.8, 4) is 0 Å². The van der Waals surface area contributed by atoms with Gasteiger partial charge in [0.1, 0.15) is 0 Å². The summed E-state index contributed by atoms with van der Waals surface area (Å²) in [5.74, 6) is -1.13. The maximum absolute atomic E-state index is 13.1. The Morgan fingerprint density at radius 2 is 1.72 bits per heavy atom. The molecule has 8 heteroatoms. The van der Waals surface area contributed by atoms with E-state index < -0.39 is 17.7 Å². The van der Waals surface area contributed by atoms with E-state index in [2.05, 4.69) is 10.3 Å². The SMILES string of the molecule is O=C(O)c1ccccc1Nc1ccnc2c(C(F)(F)F)cccc12.[NaH]. The number of alkyl halides is 3. The van der Waals surface area contributed by atoms with E-state index in [-0.39, 0.29) is 51.7 Å². The molecular formula is C17H12F3N2NaO2. The Morgan fingerprint density at radius 1 is 1.00 bits per heavy atom. The molecule has 2 N–H and O–H groups in total. The fraction of sp³-hybridized carbons (Fsp3) is 0.0588. The van der Waals surface area contributed by atoms with Gasteiger partial charge in [-0.2, -0.15) is 13.2 Å². The molecule has 0 saturated heterocycles. The van der Waals surface area contributed by atoms with Gasteiger partial charge in [0.25, 0.3) is 0 Å². The Bertz CT molecular complexity index is 929. The van der Waals surface area contributed by atoms with Gasteiger partial charge in [-0.3, -0.25) is 4.98 Å². The molecule has 2 aromatic carbocycles. The molecule has 3 aromatic rings. The zero-order valence-corrected chi connectivity index (χ0v) is 12.1. The molecule has 0 atom stereocenters. The number of nitrogens with one attached hydrogen (secondary N) is 1. The van der Waals surface area contributed by atoms with E-state index in [9.17, 15) is 23.1 Å². The monoisotopic (exact) mass is 356 g/mol. The number of hydrogen-bond donors (Lipinski definition) is 2. The van der Waals surface area contributed by atoms with E-state index in [1.165, 1.54) is 30.5 Å². The van der Waals surface area contributed by atoms with Crippen molar-refractivity contribution in [2.45, 2.75) is 6.18 Å². The average molecular weight is 356 g/mol. The van der Waals surface area contributed by atoms with Gasteiger partial charge in [0.15, 0.2) is 0 Å². The number of anilines is 2. The van der Waals surface area contributed by atoms with Gasteiger partial charge in [0.05, 0.1) is 22.3 Å². The number of pyridine rings is 1. The minimum absolute atomic E-state index is 0. The first-order valence-corrected chi connectivity index (χ1v) is 6.92. The number of hydrogen-bond acceptors (Lipinski definition) is 3. The Morgan fingerprint density at radius 3 is 2.40 bits per heavy atom. The molecule has 0 aliphatic carbocycles. The van der Waals surface area contributed by atoms with E-state index in [0.717, 1.165) is 6.07 Å². The number of para-hydroxylation sites is 2. The molecular weight excluding hydrogens is 344 g/mol. The second kappa shape index (κ2) is 7.43. The molecule has 3 rings (SSSR count). The third kappa shape index (κ3) is 3.95. The zero-order valence-electron chi connectivity index (χ0n) is 12.1. The molecule has 124 valence electrons. The van der Waals surface area contributed by atoms with Crippen LogP contribution in [-0.4, -0.2) is 45.6 Å². The van der Waals surface area contributed by atoms with Crippen LogP contribution in [0.25, 0.3) is 10.9 Å². The predicted molar refractivity (Wildman–Crippen MR) is 90.6 cm³/mol. The van der Waals surface area contributed by atoms with Crippen molar-refractivity contribution in [3.05, 3.63) is 65.9 Å². The van der Waals surface area contributed by atoms with Crippen LogP contribution < -0.4 is 5.32 Å². The van der Waals surface area contributed by atoms with E-state index >= 15 is 0 Å². The minimum atomic E-state index is -4.52. The summed E-state index contributed by atoms with van der Waals surface area (Å²) in [6.45, 7) is 0. The molecule has 0 aliphatic rings. The molecule has 0 spiro atoms. The van der Waals surface area contributed by atoms with Crippen LogP contribution >= 0.6 is 0 Å². The number of aromatic carboxylic acids is 1. The first kappa shape index (κ1) is 19.2. The Labute approximate surface area is 163 Å². The number of rotatable bonds is 3. The zero-order chi connectivity index (χ0) is 17.3. The van der Waals surface area contributed by atoms with Crippen LogP contribution in [0.1, 0.15) is 15.9 Å². The summed E-state index contributed by atoms with van der Waals surface area (Å²) in [5.41, 5.74) is -0.373. The number of carbonyl (C=O) groups is 1. The summed E-state index contributed by atoms with van der Waals surface area (Å²) in [7, 11) is 0. The Balaban J connectivity index is 0.00000225. The average Bonchev–Trinajstić information content (AvgIpc) is 2.54. The van der Waals surface area contributed by atoms with Crippen LogP contribution in [0.3, 0.4) is 0 Å². The van der Waals surface area contributed by atoms with Crippen LogP contribution in [0.15, 0.2) is 54.7 Å². The van der Waals surface area contributed by atoms with Crippen molar-refractivity contribution in [3.63, 3.8) is 0 Å². The van der Waals surface area contributed by atoms with Crippen LogP contribution in [0.5, 0.6) is 0 Å². The molecule has 0 amide bonds. The van der Waals surface area contributed by atoms with Gasteiger partial charge in [0, 0.05) is 17.3 Å². The predicted octanol–water partition coefficient (Wildman–Crippen LogP) is 4.05. The Kier molecular flexibility index (Phi) is 5.72. The molecule has 4 nitrogen and oxygen atoms in total. The fourth-order valence-corrected chi connectivity index (χ4v) is 2.44. The number of carboxylic acids is 1. The van der Waals surface area contributed by atoms with Crippen molar-refractivity contribution in [2.24, 2.45) is 0 Å². The Hall–Kier alpha value is -2.09. The van der Waals surface area contributed by atoms with Crippen molar-refractivity contribution >= 4 is 57.8 Å². The first-order chi connectivity index (χ1) is 11.4. The van der Waals surface area contributed by atoms with Crippen LogP contribution in [0.2, 0.25) is 0 Å². The molecule has 0 saturated carbocycles. The number of halogens is 3.